The van der Waals surface area contributed by atoms with E-state index >= 15 is 0 Å². The lowest BCUT2D eigenvalue weighted by Gasteiger charge is -2.38. The Morgan fingerprint density at radius 1 is 1.14 bits per heavy atom. The summed E-state index contributed by atoms with van der Waals surface area (Å²) in [4.78, 5) is 13.1. The first kappa shape index (κ1) is 21.2. The lowest BCUT2D eigenvalue weighted by atomic mass is 10.2. The van der Waals surface area contributed by atoms with Gasteiger partial charge in [-0.3, -0.25) is 4.90 Å². The second-order valence-corrected chi connectivity index (χ2v) is 7.33. The first-order valence-electron chi connectivity index (χ1n) is 9.26. The molecule has 2 aliphatic rings. The van der Waals surface area contributed by atoms with E-state index in [4.69, 9.17) is 17.3 Å². The first-order valence-corrected chi connectivity index (χ1v) is 9.63. The van der Waals surface area contributed by atoms with Gasteiger partial charge in [-0.05, 0) is 61.7 Å². The molecule has 4 rings (SSSR count). The Hall–Kier alpha value is -2.51. The van der Waals surface area contributed by atoms with Crippen LogP contribution in [0.3, 0.4) is 0 Å². The first-order chi connectivity index (χ1) is 13.5. The van der Waals surface area contributed by atoms with Gasteiger partial charge in [0.1, 0.15) is 5.82 Å². The lowest BCUT2D eigenvalue weighted by molar-refractivity contribution is 0.497. The molecule has 2 aromatic rings. The zero-order chi connectivity index (χ0) is 19.7. The minimum Gasteiger partial charge on any atom is -0.368 e. The molecule has 6 nitrogen and oxygen atoms in total. The monoisotopic (exact) mass is 436 g/mol. The summed E-state index contributed by atoms with van der Waals surface area (Å²) >= 11 is 6.28. The summed E-state index contributed by atoms with van der Waals surface area (Å²) < 4.78 is 13.5. The normalized spacial score (nSPS) is 18.8. The van der Waals surface area contributed by atoms with Crippen LogP contribution in [0.25, 0.3) is 0 Å². The van der Waals surface area contributed by atoms with Gasteiger partial charge in [0, 0.05) is 29.5 Å². The summed E-state index contributed by atoms with van der Waals surface area (Å²) in [7, 11) is 0. The molecule has 1 unspecified atom stereocenters. The van der Waals surface area contributed by atoms with E-state index in [0.717, 1.165) is 42.9 Å². The molecule has 9 heteroatoms. The minimum atomic E-state index is -0.530. The second-order valence-electron chi connectivity index (χ2n) is 6.92. The Labute approximate surface area is 180 Å². The van der Waals surface area contributed by atoms with Crippen LogP contribution in [0.5, 0.6) is 0 Å². The third-order valence-corrected chi connectivity index (χ3v) is 5.30. The summed E-state index contributed by atoms with van der Waals surface area (Å²) in [5.41, 5.74) is 8.62. The fourth-order valence-electron chi connectivity index (χ4n) is 3.40. The maximum absolute atomic E-state index is 13.5. The number of rotatable bonds is 3. The highest BCUT2D eigenvalue weighted by atomic mass is 35.5. The number of nitrogens with zero attached hydrogens (tertiary/aromatic N) is 4. The highest BCUT2D eigenvalue weighted by Crippen LogP contribution is 2.27. The Morgan fingerprint density at radius 2 is 1.83 bits per heavy atom. The molecule has 0 aliphatic carbocycles. The molecular weight excluding hydrogens is 414 g/mol. The number of aliphatic imine (C=N–C) groups is 2. The van der Waals surface area contributed by atoms with Crippen molar-refractivity contribution < 1.29 is 4.39 Å². The van der Waals surface area contributed by atoms with E-state index in [-0.39, 0.29) is 24.2 Å². The van der Waals surface area contributed by atoms with Gasteiger partial charge in [-0.2, -0.15) is 4.99 Å². The Bertz CT molecular complexity index is 925. The second kappa shape index (κ2) is 8.88. The van der Waals surface area contributed by atoms with Crippen LogP contribution in [0.1, 0.15) is 18.4 Å². The SMILES string of the molecule is Cc1ccc(NC2N=C(N)N=C(N3CCCC3)N2c2ccc(F)cc2)cc1Cl.Cl. The van der Waals surface area contributed by atoms with Crippen molar-refractivity contribution in [1.82, 2.24) is 4.90 Å². The molecule has 0 saturated carbocycles. The van der Waals surface area contributed by atoms with Gasteiger partial charge >= 0.3 is 0 Å². The number of hydrogen-bond acceptors (Lipinski definition) is 6. The smallest absolute Gasteiger partial charge is 0.222 e. The predicted molar refractivity (Wildman–Crippen MR) is 120 cm³/mol. The van der Waals surface area contributed by atoms with Crippen LogP contribution in [-0.2, 0) is 0 Å². The van der Waals surface area contributed by atoms with Crippen molar-refractivity contribution in [2.24, 2.45) is 15.7 Å². The molecule has 154 valence electrons. The summed E-state index contributed by atoms with van der Waals surface area (Å²) in [6, 6.07) is 12.0. The maximum Gasteiger partial charge on any atom is 0.222 e. The summed E-state index contributed by atoms with van der Waals surface area (Å²) in [5.74, 6) is 0.626. The largest absolute Gasteiger partial charge is 0.368 e. The maximum atomic E-state index is 13.5. The molecule has 2 aromatic carbocycles. The molecule has 0 radical (unpaired) electrons. The molecule has 0 amide bonds. The van der Waals surface area contributed by atoms with Crippen LogP contribution in [0.4, 0.5) is 15.8 Å². The zero-order valence-electron chi connectivity index (χ0n) is 16.0. The van der Waals surface area contributed by atoms with Crippen molar-refractivity contribution in [3.8, 4) is 0 Å². The van der Waals surface area contributed by atoms with Gasteiger partial charge in [-0.1, -0.05) is 17.7 Å². The number of halogens is 3. The number of benzene rings is 2. The molecule has 2 heterocycles. The molecule has 0 aromatic heterocycles. The van der Waals surface area contributed by atoms with Crippen LogP contribution in [0.15, 0.2) is 52.4 Å². The van der Waals surface area contributed by atoms with E-state index in [9.17, 15) is 4.39 Å². The van der Waals surface area contributed by atoms with E-state index in [1.807, 2.05) is 30.0 Å². The molecular formula is C20H23Cl2FN6. The summed E-state index contributed by atoms with van der Waals surface area (Å²) in [6.45, 7) is 3.74. The number of nitrogens with two attached hydrogens (primary N) is 1. The van der Waals surface area contributed by atoms with Crippen molar-refractivity contribution in [2.75, 3.05) is 23.3 Å². The minimum absolute atomic E-state index is 0. The molecule has 1 atom stereocenters. The molecule has 1 fully saturated rings. The molecule has 0 spiro atoms. The number of hydrogen-bond donors (Lipinski definition) is 2. The molecule has 29 heavy (non-hydrogen) atoms. The van der Waals surface area contributed by atoms with E-state index in [2.05, 4.69) is 20.2 Å². The van der Waals surface area contributed by atoms with E-state index in [0.29, 0.717) is 11.0 Å². The molecule has 3 N–H and O–H groups in total. The standard InChI is InChI=1S/C20H22ClFN6.ClH/c1-13-4-7-15(12-17(13)21)24-19-25-18(23)26-20(27-10-2-3-11-27)28(19)16-8-5-14(22)6-9-16;/h4-9,12,19,24H,2-3,10-11H2,1H3,(H2,23,25);1H. The molecule has 0 bridgehead atoms. The van der Waals surface area contributed by atoms with E-state index < -0.39 is 6.29 Å². The number of aryl methyl sites for hydroxylation is 1. The highest BCUT2D eigenvalue weighted by molar-refractivity contribution is 6.31. The quantitative estimate of drug-likeness (QED) is 0.756. The predicted octanol–water partition coefficient (Wildman–Crippen LogP) is 4.19. The Morgan fingerprint density at radius 3 is 2.48 bits per heavy atom. The molecule has 2 aliphatic heterocycles. The summed E-state index contributed by atoms with van der Waals surface area (Å²) in [6.07, 6.45) is 1.66. The van der Waals surface area contributed by atoms with Crippen molar-refractivity contribution in [3.63, 3.8) is 0 Å². The number of anilines is 2. The fourth-order valence-corrected chi connectivity index (χ4v) is 3.59. The van der Waals surface area contributed by atoms with Crippen molar-refractivity contribution in [1.29, 1.82) is 0 Å². The van der Waals surface area contributed by atoms with Gasteiger partial charge in [0.2, 0.25) is 18.2 Å². The number of nitrogens with one attached hydrogen (secondary N) is 1. The van der Waals surface area contributed by atoms with E-state index in [1.54, 1.807) is 12.1 Å². The third-order valence-electron chi connectivity index (χ3n) is 4.89. The average molecular weight is 437 g/mol. The average Bonchev–Trinajstić information content (AvgIpc) is 3.20. The Kier molecular flexibility index (Phi) is 6.49. The van der Waals surface area contributed by atoms with Crippen LogP contribution in [0.2, 0.25) is 5.02 Å². The van der Waals surface area contributed by atoms with Gasteiger partial charge in [-0.15, -0.1) is 12.4 Å². The summed E-state index contributed by atoms with van der Waals surface area (Å²) in [5, 5.41) is 4.03. The third kappa shape index (κ3) is 4.57. The van der Waals surface area contributed by atoms with Crippen LogP contribution >= 0.6 is 24.0 Å². The number of likely N-dealkylation sites (tertiary alicyclic amines) is 1. The van der Waals surface area contributed by atoms with Crippen molar-refractivity contribution in [3.05, 3.63) is 58.9 Å². The van der Waals surface area contributed by atoms with Crippen molar-refractivity contribution >= 4 is 47.3 Å². The number of guanidine groups is 2. The highest BCUT2D eigenvalue weighted by Gasteiger charge is 2.32. The molecule has 1 saturated heterocycles. The van der Waals surface area contributed by atoms with Crippen molar-refractivity contribution in [2.45, 2.75) is 26.1 Å². The van der Waals surface area contributed by atoms with Gasteiger partial charge in [0.15, 0.2) is 0 Å². The van der Waals surface area contributed by atoms with Crippen LogP contribution in [-0.4, -0.2) is 36.2 Å². The Balaban J connectivity index is 0.00000240. The lowest BCUT2D eigenvalue weighted by Crippen LogP contribution is -2.54. The van der Waals surface area contributed by atoms with Gasteiger partial charge < -0.3 is 16.0 Å². The van der Waals surface area contributed by atoms with Crippen LogP contribution in [0, 0.1) is 12.7 Å². The van der Waals surface area contributed by atoms with Crippen LogP contribution < -0.4 is 16.0 Å². The van der Waals surface area contributed by atoms with Gasteiger partial charge in [-0.25, -0.2) is 9.38 Å². The fraction of sp³-hybridized carbons (Fsp3) is 0.300. The topological polar surface area (TPSA) is 69.2 Å². The van der Waals surface area contributed by atoms with Gasteiger partial charge in [0.05, 0.1) is 0 Å². The zero-order valence-corrected chi connectivity index (χ0v) is 17.6. The van der Waals surface area contributed by atoms with Gasteiger partial charge in [0.25, 0.3) is 0 Å². The van der Waals surface area contributed by atoms with E-state index in [1.165, 1.54) is 12.1 Å².